The van der Waals surface area contributed by atoms with Gasteiger partial charge in [-0.2, -0.15) is 0 Å². The number of ether oxygens (including phenoxy) is 2. The minimum Gasteiger partial charge on any atom is -0.396 e. The van der Waals surface area contributed by atoms with Gasteiger partial charge in [0.2, 0.25) is 5.91 Å². The van der Waals surface area contributed by atoms with Crippen LogP contribution in [0.5, 0.6) is 0 Å². The van der Waals surface area contributed by atoms with Crippen LogP contribution in [0.25, 0.3) is 0 Å². The summed E-state index contributed by atoms with van der Waals surface area (Å²) in [5.41, 5.74) is 3.05. The molecule has 1 saturated carbocycles. The Balaban J connectivity index is 2.07. The third-order valence-electron chi connectivity index (χ3n) is 3.32. The number of amides is 1. The van der Waals surface area contributed by atoms with E-state index >= 15 is 0 Å². The third kappa shape index (κ3) is 1.65. The highest BCUT2D eigenvalue weighted by molar-refractivity contribution is 5.75. The number of fused-ring (bicyclic) bond motifs is 1. The Bertz CT molecular complexity index is 324. The van der Waals surface area contributed by atoms with Gasteiger partial charge in [-0.3, -0.25) is 4.79 Å². The van der Waals surface area contributed by atoms with Crippen LogP contribution in [-0.2, 0) is 14.3 Å². The van der Waals surface area contributed by atoms with Gasteiger partial charge in [-0.05, 0) is 0 Å². The van der Waals surface area contributed by atoms with Crippen molar-refractivity contribution in [3.63, 3.8) is 0 Å². The Morgan fingerprint density at radius 2 is 2.12 bits per heavy atom. The normalized spacial score (nSPS) is 48.6. The molecule has 1 heterocycles. The predicted octanol–water partition coefficient (Wildman–Crippen LogP) is -3.71. The minimum absolute atomic E-state index is 0.437. The maximum Gasteiger partial charge on any atom is 0.243 e. The van der Waals surface area contributed by atoms with E-state index in [1.807, 2.05) is 0 Å². The molecule has 1 saturated heterocycles. The van der Waals surface area contributed by atoms with E-state index < -0.39 is 55.2 Å². The molecular formula is C9H15NO7. The Morgan fingerprint density at radius 1 is 1.47 bits per heavy atom. The van der Waals surface area contributed by atoms with Crippen molar-refractivity contribution in [2.75, 3.05) is 13.2 Å². The second-order valence-electron chi connectivity index (χ2n) is 4.34. The molecule has 6 atom stereocenters. The van der Waals surface area contributed by atoms with Gasteiger partial charge in [0.15, 0.2) is 11.9 Å². The largest absolute Gasteiger partial charge is 0.396 e. The number of carbonyl (C=O) groups excluding carboxylic acids is 1. The van der Waals surface area contributed by atoms with Gasteiger partial charge in [0.25, 0.3) is 0 Å². The van der Waals surface area contributed by atoms with Crippen LogP contribution in [0.1, 0.15) is 0 Å². The molecule has 6 N–H and O–H groups in total. The lowest BCUT2D eigenvalue weighted by Gasteiger charge is -2.49. The predicted molar refractivity (Wildman–Crippen MR) is 51.3 cm³/mol. The van der Waals surface area contributed by atoms with E-state index in [-0.39, 0.29) is 0 Å². The maximum absolute atomic E-state index is 10.5. The van der Waals surface area contributed by atoms with E-state index in [0.29, 0.717) is 0 Å². The number of primary amides is 1. The summed E-state index contributed by atoms with van der Waals surface area (Å²) in [4.78, 5) is 10.5. The van der Waals surface area contributed by atoms with Crippen molar-refractivity contribution in [2.45, 2.75) is 30.2 Å². The summed E-state index contributed by atoms with van der Waals surface area (Å²) in [6.07, 6.45) is -4.97. The SMILES string of the molecule is NC(=O)CO[C@H]1OC2C(CO)[C@@H](O)C(O)C21O. The van der Waals surface area contributed by atoms with E-state index in [1.54, 1.807) is 0 Å². The lowest BCUT2D eigenvalue weighted by Crippen LogP contribution is -2.70. The van der Waals surface area contributed by atoms with Gasteiger partial charge in [0, 0.05) is 5.92 Å². The van der Waals surface area contributed by atoms with Crippen LogP contribution in [0.4, 0.5) is 0 Å². The summed E-state index contributed by atoms with van der Waals surface area (Å²) in [6.45, 7) is -0.903. The Hall–Kier alpha value is -0.770. The number of carbonyl (C=O) groups is 1. The van der Waals surface area contributed by atoms with Crippen molar-refractivity contribution in [1.82, 2.24) is 0 Å². The first kappa shape index (κ1) is 12.7. The molecule has 1 aliphatic carbocycles. The smallest absolute Gasteiger partial charge is 0.243 e. The highest BCUT2D eigenvalue weighted by atomic mass is 16.7. The van der Waals surface area contributed by atoms with Gasteiger partial charge in [0.05, 0.1) is 12.7 Å². The van der Waals surface area contributed by atoms with Crippen LogP contribution >= 0.6 is 0 Å². The van der Waals surface area contributed by atoms with Gasteiger partial charge < -0.3 is 35.6 Å². The molecular weight excluding hydrogens is 234 g/mol. The van der Waals surface area contributed by atoms with E-state index in [9.17, 15) is 20.1 Å². The summed E-state index contributed by atoms with van der Waals surface area (Å²) in [7, 11) is 0. The lowest BCUT2D eigenvalue weighted by atomic mass is 9.88. The molecule has 0 aromatic rings. The van der Waals surface area contributed by atoms with Gasteiger partial charge >= 0.3 is 0 Å². The number of hydrogen-bond donors (Lipinski definition) is 5. The first-order chi connectivity index (χ1) is 7.92. The van der Waals surface area contributed by atoms with Gasteiger partial charge in [0.1, 0.15) is 18.8 Å². The maximum atomic E-state index is 10.5. The highest BCUT2D eigenvalue weighted by Crippen LogP contribution is 2.49. The van der Waals surface area contributed by atoms with Crippen molar-refractivity contribution in [3.8, 4) is 0 Å². The number of aliphatic hydroxyl groups excluding tert-OH is 3. The molecule has 0 bridgehead atoms. The van der Waals surface area contributed by atoms with Gasteiger partial charge in [-0.25, -0.2) is 0 Å². The second kappa shape index (κ2) is 4.16. The number of aliphatic hydroxyl groups is 4. The van der Waals surface area contributed by atoms with Crippen molar-refractivity contribution >= 4 is 5.91 Å². The van der Waals surface area contributed by atoms with E-state index in [4.69, 9.17) is 20.3 Å². The molecule has 0 spiro atoms. The van der Waals surface area contributed by atoms with Crippen LogP contribution in [0.15, 0.2) is 0 Å². The fraction of sp³-hybridized carbons (Fsp3) is 0.889. The zero-order chi connectivity index (χ0) is 12.8. The van der Waals surface area contributed by atoms with E-state index in [0.717, 1.165) is 0 Å². The van der Waals surface area contributed by atoms with Gasteiger partial charge in [-0.1, -0.05) is 0 Å². The van der Waals surface area contributed by atoms with Gasteiger partial charge in [-0.15, -0.1) is 0 Å². The van der Waals surface area contributed by atoms with Crippen LogP contribution in [0, 0.1) is 5.92 Å². The van der Waals surface area contributed by atoms with Crippen molar-refractivity contribution in [3.05, 3.63) is 0 Å². The highest BCUT2D eigenvalue weighted by Gasteiger charge is 2.71. The Kier molecular flexibility index (Phi) is 3.10. The fourth-order valence-electron chi connectivity index (χ4n) is 2.39. The molecule has 1 amide bonds. The summed E-state index contributed by atoms with van der Waals surface area (Å²) < 4.78 is 9.97. The molecule has 4 unspecified atom stereocenters. The standard InChI is InChI=1S/C9H15NO7/c10-4(12)2-16-8-9(15)6(14)5(13)3(1-11)7(9)17-8/h3,5-8,11,13-15H,1-2H2,(H2,10,12)/t3?,5-,6?,7?,8+,9?/m1/s1. The molecule has 2 fully saturated rings. The summed E-state index contributed by atoms with van der Waals surface area (Å²) >= 11 is 0. The first-order valence-corrected chi connectivity index (χ1v) is 5.17. The van der Waals surface area contributed by atoms with Crippen LogP contribution in [-0.4, -0.2) is 69.8 Å². The Labute approximate surface area is 96.6 Å². The summed E-state index contributed by atoms with van der Waals surface area (Å²) in [5, 5.41) is 38.5. The van der Waals surface area contributed by atoms with Crippen molar-refractivity contribution in [2.24, 2.45) is 11.7 Å². The Morgan fingerprint density at radius 3 is 2.65 bits per heavy atom. The zero-order valence-corrected chi connectivity index (χ0v) is 8.89. The molecule has 2 aliphatic rings. The number of hydrogen-bond acceptors (Lipinski definition) is 7. The number of nitrogens with two attached hydrogens (primary N) is 1. The molecule has 98 valence electrons. The van der Waals surface area contributed by atoms with Crippen molar-refractivity contribution < 1.29 is 34.7 Å². The van der Waals surface area contributed by atoms with E-state index in [1.165, 1.54) is 0 Å². The summed E-state index contributed by atoms with van der Waals surface area (Å²) in [5.74, 6) is -1.53. The molecule has 0 radical (unpaired) electrons. The minimum atomic E-state index is -1.82. The molecule has 1 aliphatic heterocycles. The quantitative estimate of drug-likeness (QED) is 0.345. The zero-order valence-electron chi connectivity index (χ0n) is 8.89. The monoisotopic (exact) mass is 249 g/mol. The topological polar surface area (TPSA) is 142 Å². The van der Waals surface area contributed by atoms with Crippen LogP contribution in [0.2, 0.25) is 0 Å². The van der Waals surface area contributed by atoms with Crippen LogP contribution < -0.4 is 5.73 Å². The van der Waals surface area contributed by atoms with Crippen molar-refractivity contribution in [1.29, 1.82) is 0 Å². The second-order valence-corrected chi connectivity index (χ2v) is 4.34. The lowest BCUT2D eigenvalue weighted by molar-refractivity contribution is -0.385. The first-order valence-electron chi connectivity index (χ1n) is 5.17. The average Bonchev–Trinajstić information content (AvgIpc) is 2.41. The molecule has 0 aromatic heterocycles. The summed E-state index contributed by atoms with van der Waals surface area (Å²) in [6, 6.07) is 0. The number of rotatable bonds is 4. The fourth-order valence-corrected chi connectivity index (χ4v) is 2.39. The average molecular weight is 249 g/mol. The molecule has 8 nitrogen and oxygen atoms in total. The molecule has 8 heteroatoms. The molecule has 0 aromatic carbocycles. The molecule has 2 rings (SSSR count). The van der Waals surface area contributed by atoms with Crippen LogP contribution in [0.3, 0.4) is 0 Å². The third-order valence-corrected chi connectivity index (χ3v) is 3.32. The van der Waals surface area contributed by atoms with E-state index in [2.05, 4.69) is 0 Å². The molecule has 17 heavy (non-hydrogen) atoms.